The Labute approximate surface area is 101 Å². The summed E-state index contributed by atoms with van der Waals surface area (Å²) in [6.07, 6.45) is 2.83. The van der Waals surface area contributed by atoms with Gasteiger partial charge >= 0.3 is 5.97 Å². The first-order valence-corrected chi connectivity index (χ1v) is 5.26. The Balaban J connectivity index is 2.53. The fraction of sp³-hybridized carbons (Fsp3) is 0.0909. The quantitative estimate of drug-likeness (QED) is 0.672. The molecule has 1 aromatic rings. The van der Waals surface area contributed by atoms with Crippen molar-refractivity contribution in [2.24, 2.45) is 5.73 Å². The molecule has 0 aliphatic rings. The van der Waals surface area contributed by atoms with Crippen LogP contribution in [-0.2, 0) is 14.3 Å². The molecule has 0 saturated heterocycles. The van der Waals surface area contributed by atoms with E-state index >= 15 is 0 Å². The number of ether oxygens (including phenoxy) is 1. The van der Waals surface area contributed by atoms with Gasteiger partial charge in [0.05, 0.1) is 0 Å². The minimum Gasteiger partial charge on any atom is -0.452 e. The Morgan fingerprint density at radius 1 is 1.44 bits per heavy atom. The topological polar surface area (TPSA) is 69.4 Å². The predicted octanol–water partition coefficient (Wildman–Crippen LogP) is 1.49. The van der Waals surface area contributed by atoms with E-state index in [-0.39, 0.29) is 0 Å². The van der Waals surface area contributed by atoms with E-state index < -0.39 is 18.5 Å². The molecule has 16 heavy (non-hydrogen) atoms. The van der Waals surface area contributed by atoms with E-state index in [1.807, 2.05) is 24.3 Å². The Bertz CT molecular complexity index is 429. The molecule has 1 aromatic carbocycles. The first-order valence-electron chi connectivity index (χ1n) is 4.46. The van der Waals surface area contributed by atoms with E-state index in [0.29, 0.717) is 0 Å². The second-order valence-corrected chi connectivity index (χ2v) is 3.88. The van der Waals surface area contributed by atoms with E-state index in [1.165, 1.54) is 6.08 Å². The molecule has 0 heterocycles. The van der Waals surface area contributed by atoms with E-state index in [0.717, 1.165) is 10.0 Å². The number of amides is 1. The lowest BCUT2D eigenvalue weighted by molar-refractivity contribution is -0.142. The summed E-state index contributed by atoms with van der Waals surface area (Å²) in [5.74, 6) is -1.28. The number of primary amides is 1. The second-order valence-electron chi connectivity index (χ2n) is 2.96. The van der Waals surface area contributed by atoms with Crippen LogP contribution in [0.15, 0.2) is 34.8 Å². The van der Waals surface area contributed by atoms with Crippen molar-refractivity contribution < 1.29 is 14.3 Å². The van der Waals surface area contributed by atoms with Crippen LogP contribution < -0.4 is 5.73 Å². The first-order chi connectivity index (χ1) is 7.58. The van der Waals surface area contributed by atoms with Crippen LogP contribution in [0.4, 0.5) is 0 Å². The van der Waals surface area contributed by atoms with Crippen molar-refractivity contribution in [1.29, 1.82) is 0 Å². The zero-order valence-corrected chi connectivity index (χ0v) is 9.94. The fourth-order valence-corrected chi connectivity index (χ4v) is 1.38. The van der Waals surface area contributed by atoms with Crippen molar-refractivity contribution in [2.45, 2.75) is 0 Å². The number of hydrogen-bond donors (Lipinski definition) is 1. The van der Waals surface area contributed by atoms with Crippen molar-refractivity contribution in [1.82, 2.24) is 0 Å². The van der Waals surface area contributed by atoms with Gasteiger partial charge < -0.3 is 10.5 Å². The molecule has 0 aliphatic heterocycles. The van der Waals surface area contributed by atoms with Crippen molar-refractivity contribution in [3.8, 4) is 0 Å². The third kappa shape index (κ3) is 4.75. The lowest BCUT2D eigenvalue weighted by Crippen LogP contribution is -2.19. The molecule has 0 unspecified atom stereocenters. The summed E-state index contributed by atoms with van der Waals surface area (Å²) in [7, 11) is 0. The maximum atomic E-state index is 11.1. The van der Waals surface area contributed by atoms with Crippen molar-refractivity contribution in [2.75, 3.05) is 6.61 Å². The van der Waals surface area contributed by atoms with Gasteiger partial charge in [-0.3, -0.25) is 4.79 Å². The van der Waals surface area contributed by atoms with E-state index in [9.17, 15) is 9.59 Å². The lowest BCUT2D eigenvalue weighted by Gasteiger charge is -1.97. The molecule has 1 rings (SSSR count). The number of esters is 1. The largest absolute Gasteiger partial charge is 0.452 e. The highest BCUT2D eigenvalue weighted by molar-refractivity contribution is 9.10. The van der Waals surface area contributed by atoms with Gasteiger partial charge in [0.15, 0.2) is 6.61 Å². The van der Waals surface area contributed by atoms with Gasteiger partial charge in [-0.1, -0.05) is 28.1 Å². The third-order valence-electron chi connectivity index (χ3n) is 1.62. The number of halogens is 1. The SMILES string of the molecule is NC(=O)COC(=O)C=Cc1cccc(Br)c1. The van der Waals surface area contributed by atoms with Gasteiger partial charge in [-0.2, -0.15) is 0 Å². The molecule has 4 nitrogen and oxygen atoms in total. The monoisotopic (exact) mass is 283 g/mol. The summed E-state index contributed by atoms with van der Waals surface area (Å²) in [6, 6.07) is 7.40. The minimum atomic E-state index is -0.677. The van der Waals surface area contributed by atoms with Crippen LogP contribution in [0.2, 0.25) is 0 Å². The molecule has 0 aromatic heterocycles. The number of carbonyl (C=O) groups is 2. The Morgan fingerprint density at radius 3 is 2.81 bits per heavy atom. The summed E-state index contributed by atoms with van der Waals surface area (Å²) < 4.78 is 5.46. The maximum absolute atomic E-state index is 11.1. The molecule has 0 radical (unpaired) electrons. The van der Waals surface area contributed by atoms with Crippen molar-refractivity contribution in [3.63, 3.8) is 0 Å². The standard InChI is InChI=1S/C11H10BrNO3/c12-9-3-1-2-8(6-9)4-5-11(15)16-7-10(13)14/h1-6H,7H2,(H2,13,14). The number of benzene rings is 1. The molecule has 0 spiro atoms. The smallest absolute Gasteiger partial charge is 0.331 e. The number of rotatable bonds is 4. The van der Waals surface area contributed by atoms with E-state index in [2.05, 4.69) is 20.7 Å². The minimum absolute atomic E-state index is 0.401. The molecular weight excluding hydrogens is 274 g/mol. The van der Waals surface area contributed by atoms with Crippen LogP contribution in [0.25, 0.3) is 6.08 Å². The fourth-order valence-electron chi connectivity index (χ4n) is 0.965. The van der Waals surface area contributed by atoms with Crippen LogP contribution in [0, 0.1) is 0 Å². The van der Waals surface area contributed by atoms with Crippen LogP contribution >= 0.6 is 15.9 Å². The third-order valence-corrected chi connectivity index (χ3v) is 2.11. The normalized spacial score (nSPS) is 10.3. The molecule has 2 N–H and O–H groups in total. The Hall–Kier alpha value is -1.62. The average molecular weight is 284 g/mol. The van der Waals surface area contributed by atoms with Crippen LogP contribution in [0.5, 0.6) is 0 Å². The zero-order valence-electron chi connectivity index (χ0n) is 8.35. The maximum Gasteiger partial charge on any atom is 0.331 e. The van der Waals surface area contributed by atoms with Crippen LogP contribution in [-0.4, -0.2) is 18.5 Å². The highest BCUT2D eigenvalue weighted by Gasteiger charge is 1.99. The van der Waals surface area contributed by atoms with Gasteiger partial charge in [0.1, 0.15) is 0 Å². The van der Waals surface area contributed by atoms with Crippen LogP contribution in [0.1, 0.15) is 5.56 Å². The van der Waals surface area contributed by atoms with Crippen molar-refractivity contribution in [3.05, 3.63) is 40.4 Å². The van der Waals surface area contributed by atoms with Gasteiger partial charge in [0.2, 0.25) is 0 Å². The Morgan fingerprint density at radius 2 is 2.19 bits per heavy atom. The first kappa shape index (κ1) is 12.4. The second kappa shape index (κ2) is 6.07. The number of nitrogens with two attached hydrogens (primary N) is 1. The summed E-state index contributed by atoms with van der Waals surface area (Å²) in [5, 5.41) is 0. The summed E-state index contributed by atoms with van der Waals surface area (Å²) in [4.78, 5) is 21.4. The summed E-state index contributed by atoms with van der Waals surface area (Å²) in [6.45, 7) is -0.401. The van der Waals surface area contributed by atoms with E-state index in [1.54, 1.807) is 6.08 Å². The highest BCUT2D eigenvalue weighted by atomic mass is 79.9. The van der Waals surface area contributed by atoms with Crippen LogP contribution in [0.3, 0.4) is 0 Å². The van der Waals surface area contributed by atoms with Gasteiger partial charge in [0, 0.05) is 10.5 Å². The van der Waals surface area contributed by atoms with E-state index in [4.69, 9.17) is 5.73 Å². The van der Waals surface area contributed by atoms with Gasteiger partial charge in [0.25, 0.3) is 5.91 Å². The summed E-state index contributed by atoms with van der Waals surface area (Å²) >= 11 is 3.31. The average Bonchev–Trinajstić information content (AvgIpc) is 2.23. The summed E-state index contributed by atoms with van der Waals surface area (Å²) in [5.41, 5.74) is 5.67. The van der Waals surface area contributed by atoms with Gasteiger partial charge in [-0.05, 0) is 23.8 Å². The molecule has 0 fully saturated rings. The molecular formula is C11H10BrNO3. The molecule has 1 amide bonds. The molecule has 0 bridgehead atoms. The Kier molecular flexibility index (Phi) is 4.72. The van der Waals surface area contributed by atoms with Crippen molar-refractivity contribution >= 4 is 33.9 Å². The zero-order chi connectivity index (χ0) is 12.0. The van der Waals surface area contributed by atoms with Gasteiger partial charge in [-0.15, -0.1) is 0 Å². The number of hydrogen-bond acceptors (Lipinski definition) is 3. The molecule has 5 heteroatoms. The number of carbonyl (C=O) groups excluding carboxylic acids is 2. The molecule has 0 aliphatic carbocycles. The highest BCUT2D eigenvalue weighted by Crippen LogP contribution is 2.12. The molecule has 0 saturated carbocycles. The molecule has 84 valence electrons. The molecule has 0 atom stereocenters. The van der Waals surface area contributed by atoms with Gasteiger partial charge in [-0.25, -0.2) is 4.79 Å². The predicted molar refractivity (Wildman–Crippen MR) is 63.3 cm³/mol. The lowest BCUT2D eigenvalue weighted by atomic mass is 10.2.